The summed E-state index contributed by atoms with van der Waals surface area (Å²) in [5, 5.41) is 13.4. The van der Waals surface area contributed by atoms with Crippen molar-refractivity contribution in [2.45, 2.75) is 17.9 Å². The molecule has 0 fully saturated rings. The maximum absolute atomic E-state index is 14.0. The van der Waals surface area contributed by atoms with E-state index in [4.69, 9.17) is 21.1 Å². The summed E-state index contributed by atoms with van der Waals surface area (Å²) >= 11 is 8.80. The van der Waals surface area contributed by atoms with E-state index in [-0.39, 0.29) is 23.8 Å². The Morgan fingerprint density at radius 1 is 1.11 bits per heavy atom. The molecule has 7 nitrogen and oxygen atoms in total. The Bertz CT molecular complexity index is 1370. The fraction of sp³-hybridized carbons (Fsp3) is 0.154. The van der Waals surface area contributed by atoms with Crippen LogP contribution < -0.4 is 14.9 Å². The van der Waals surface area contributed by atoms with Gasteiger partial charge in [0.1, 0.15) is 17.4 Å². The standard InChI is InChI=1S/C26H22ClFN4O3S2/c1-2-34-23-13-17(11-12-22(23)35-15-19-20(27)9-6-10-21(19)28)14-29-30-24(33)16-36-26-32-31-25(37-26)18-7-4-3-5-8-18/h3-14H,2,15-16H2,1H3,(H,30,33). The topological polar surface area (TPSA) is 85.7 Å². The molecule has 0 bridgehead atoms. The van der Waals surface area contributed by atoms with E-state index in [1.54, 1.807) is 24.3 Å². The van der Waals surface area contributed by atoms with E-state index in [9.17, 15) is 9.18 Å². The smallest absolute Gasteiger partial charge is 0.250 e. The number of carbonyl (C=O) groups is 1. The second-order valence-corrected chi connectivity index (χ2v) is 10.1. The molecule has 4 aromatic rings. The number of benzene rings is 3. The van der Waals surface area contributed by atoms with Crippen LogP contribution in [0.25, 0.3) is 10.6 Å². The van der Waals surface area contributed by atoms with Gasteiger partial charge in [-0.2, -0.15) is 5.10 Å². The van der Waals surface area contributed by atoms with Crippen molar-refractivity contribution in [2.75, 3.05) is 12.4 Å². The first-order valence-corrected chi connectivity index (χ1v) is 13.4. The van der Waals surface area contributed by atoms with Gasteiger partial charge in [-0.1, -0.05) is 71.1 Å². The van der Waals surface area contributed by atoms with Gasteiger partial charge in [-0.05, 0) is 42.8 Å². The molecule has 1 heterocycles. The molecular formula is C26H22ClFN4O3S2. The molecular weight excluding hydrogens is 535 g/mol. The van der Waals surface area contributed by atoms with Gasteiger partial charge in [-0.3, -0.25) is 4.79 Å². The molecule has 0 spiro atoms. The fourth-order valence-corrected chi connectivity index (χ4v) is 4.98. The summed E-state index contributed by atoms with van der Waals surface area (Å²) in [6.45, 7) is 2.20. The lowest BCUT2D eigenvalue weighted by atomic mass is 10.2. The SMILES string of the molecule is CCOc1cc(C=NNC(=O)CSc2nnc(-c3ccccc3)s2)ccc1OCc1c(F)cccc1Cl. The Kier molecular flexibility index (Phi) is 9.47. The van der Waals surface area contributed by atoms with Crippen LogP contribution in [-0.4, -0.2) is 34.7 Å². The first-order chi connectivity index (χ1) is 18.0. The molecule has 37 heavy (non-hydrogen) atoms. The van der Waals surface area contributed by atoms with E-state index < -0.39 is 5.82 Å². The van der Waals surface area contributed by atoms with Crippen LogP contribution in [0.3, 0.4) is 0 Å². The molecule has 190 valence electrons. The predicted molar refractivity (Wildman–Crippen MR) is 145 cm³/mol. The molecule has 3 aromatic carbocycles. The van der Waals surface area contributed by atoms with Crippen LogP contribution in [0.5, 0.6) is 11.5 Å². The summed E-state index contributed by atoms with van der Waals surface area (Å²) in [4.78, 5) is 12.2. The third-order valence-electron chi connectivity index (χ3n) is 4.86. The number of aromatic nitrogens is 2. The lowest BCUT2D eigenvalue weighted by Gasteiger charge is -2.13. The predicted octanol–water partition coefficient (Wildman–Crippen LogP) is 6.22. The minimum atomic E-state index is -0.439. The highest BCUT2D eigenvalue weighted by Gasteiger charge is 2.12. The summed E-state index contributed by atoms with van der Waals surface area (Å²) in [7, 11) is 0. The van der Waals surface area contributed by atoms with Crippen molar-refractivity contribution in [1.82, 2.24) is 15.6 Å². The van der Waals surface area contributed by atoms with Crippen molar-refractivity contribution >= 4 is 46.8 Å². The Morgan fingerprint density at radius 3 is 2.73 bits per heavy atom. The van der Waals surface area contributed by atoms with Crippen LogP contribution >= 0.6 is 34.7 Å². The summed E-state index contributed by atoms with van der Waals surface area (Å²) in [5.41, 5.74) is 4.44. The zero-order valence-corrected chi connectivity index (χ0v) is 22.1. The molecule has 0 atom stereocenters. The first kappa shape index (κ1) is 26.6. The van der Waals surface area contributed by atoms with Gasteiger partial charge < -0.3 is 9.47 Å². The number of nitrogens with zero attached hydrogens (tertiary/aromatic N) is 3. The Morgan fingerprint density at radius 2 is 1.95 bits per heavy atom. The Labute approximate surface area is 226 Å². The number of halogens is 2. The first-order valence-electron chi connectivity index (χ1n) is 11.2. The van der Waals surface area contributed by atoms with Crippen molar-refractivity contribution in [2.24, 2.45) is 5.10 Å². The minimum Gasteiger partial charge on any atom is -0.490 e. The summed E-state index contributed by atoms with van der Waals surface area (Å²) in [6, 6.07) is 19.4. The van der Waals surface area contributed by atoms with Crippen LogP contribution in [0.15, 0.2) is 76.2 Å². The van der Waals surface area contributed by atoms with Gasteiger partial charge in [-0.15, -0.1) is 10.2 Å². The Balaban J connectivity index is 1.30. The fourth-order valence-electron chi connectivity index (χ4n) is 3.12. The highest BCUT2D eigenvalue weighted by atomic mass is 35.5. The third-order valence-corrected chi connectivity index (χ3v) is 7.32. The summed E-state index contributed by atoms with van der Waals surface area (Å²) in [5.74, 6) is 0.336. The molecule has 0 aliphatic carbocycles. The van der Waals surface area contributed by atoms with Crippen molar-refractivity contribution in [3.05, 3.63) is 88.7 Å². The minimum absolute atomic E-state index is 0.0474. The molecule has 0 saturated heterocycles. The maximum Gasteiger partial charge on any atom is 0.250 e. The van der Waals surface area contributed by atoms with E-state index >= 15 is 0 Å². The van der Waals surface area contributed by atoms with E-state index in [0.29, 0.717) is 33.0 Å². The number of amides is 1. The Hall–Kier alpha value is -3.47. The van der Waals surface area contributed by atoms with Crippen LogP contribution in [0.2, 0.25) is 5.02 Å². The summed E-state index contributed by atoms with van der Waals surface area (Å²) < 4.78 is 26.2. The number of nitrogens with one attached hydrogen (secondary N) is 1. The van der Waals surface area contributed by atoms with E-state index in [0.717, 1.165) is 10.6 Å². The van der Waals surface area contributed by atoms with E-state index in [1.165, 1.54) is 41.4 Å². The van der Waals surface area contributed by atoms with Gasteiger partial charge in [-0.25, -0.2) is 9.82 Å². The van der Waals surface area contributed by atoms with Crippen molar-refractivity contribution in [3.8, 4) is 22.1 Å². The molecule has 0 aliphatic rings. The lowest BCUT2D eigenvalue weighted by Crippen LogP contribution is -2.19. The number of hydrogen-bond acceptors (Lipinski definition) is 8. The molecule has 1 aromatic heterocycles. The molecule has 1 amide bonds. The molecule has 4 rings (SSSR count). The number of thioether (sulfide) groups is 1. The van der Waals surface area contributed by atoms with Gasteiger partial charge in [0.05, 0.1) is 23.6 Å². The molecule has 0 aliphatic heterocycles. The van der Waals surface area contributed by atoms with Gasteiger partial charge in [0.2, 0.25) is 0 Å². The van der Waals surface area contributed by atoms with Gasteiger partial charge in [0.15, 0.2) is 15.8 Å². The van der Waals surface area contributed by atoms with Crippen molar-refractivity contribution in [3.63, 3.8) is 0 Å². The second kappa shape index (κ2) is 13.2. The number of rotatable bonds is 11. The maximum atomic E-state index is 14.0. The van der Waals surface area contributed by atoms with Crippen LogP contribution in [0.4, 0.5) is 4.39 Å². The molecule has 1 N–H and O–H groups in total. The molecule has 11 heteroatoms. The number of ether oxygens (including phenoxy) is 2. The van der Waals surface area contributed by atoms with Gasteiger partial charge in [0.25, 0.3) is 5.91 Å². The van der Waals surface area contributed by atoms with Crippen molar-refractivity contribution in [1.29, 1.82) is 0 Å². The van der Waals surface area contributed by atoms with Crippen LogP contribution in [-0.2, 0) is 11.4 Å². The highest BCUT2D eigenvalue weighted by Crippen LogP contribution is 2.31. The van der Waals surface area contributed by atoms with Crippen LogP contribution in [0.1, 0.15) is 18.1 Å². The van der Waals surface area contributed by atoms with E-state index in [2.05, 4.69) is 20.7 Å². The van der Waals surface area contributed by atoms with E-state index in [1.807, 2.05) is 37.3 Å². The summed E-state index contributed by atoms with van der Waals surface area (Å²) in [6.07, 6.45) is 1.50. The monoisotopic (exact) mass is 556 g/mol. The van der Waals surface area contributed by atoms with Crippen molar-refractivity contribution < 1.29 is 18.7 Å². The number of hydrazone groups is 1. The normalized spacial score (nSPS) is 11.0. The van der Waals surface area contributed by atoms with Crippen LogP contribution in [0, 0.1) is 5.82 Å². The number of hydrogen-bond donors (Lipinski definition) is 1. The third kappa shape index (κ3) is 7.51. The van der Waals surface area contributed by atoms with Gasteiger partial charge >= 0.3 is 0 Å². The number of carbonyl (C=O) groups excluding carboxylic acids is 1. The van der Waals surface area contributed by atoms with Gasteiger partial charge in [0, 0.05) is 11.1 Å². The molecule has 0 unspecified atom stereocenters. The second-order valence-electron chi connectivity index (χ2n) is 7.45. The molecule has 0 saturated carbocycles. The zero-order chi connectivity index (χ0) is 26.0. The largest absolute Gasteiger partial charge is 0.490 e. The highest BCUT2D eigenvalue weighted by molar-refractivity contribution is 8.01. The molecule has 0 radical (unpaired) electrons. The lowest BCUT2D eigenvalue weighted by molar-refractivity contribution is -0.118. The quantitative estimate of drug-likeness (QED) is 0.134. The average molecular weight is 557 g/mol. The zero-order valence-electron chi connectivity index (χ0n) is 19.7. The average Bonchev–Trinajstić information content (AvgIpc) is 3.38.